The molecule has 0 saturated heterocycles. The topological polar surface area (TPSA) is 40.6 Å². The minimum Gasteiger partial charge on any atom is -0.309 e. The second-order valence-corrected chi connectivity index (χ2v) is 5.69. The van der Waals surface area contributed by atoms with Gasteiger partial charge in [0, 0.05) is 24.2 Å². The molecule has 1 amide bonds. The van der Waals surface area contributed by atoms with E-state index < -0.39 is 11.7 Å². The molecule has 5 heteroatoms. The minimum absolute atomic E-state index is 0.405. The van der Waals surface area contributed by atoms with Crippen LogP contribution in [-0.4, -0.2) is 50.0 Å². The third-order valence-electron chi connectivity index (χ3n) is 2.88. The predicted molar refractivity (Wildman–Crippen MR) is 73.5 cm³/mol. The van der Waals surface area contributed by atoms with Crippen LogP contribution in [0, 0.1) is 0 Å². The number of anilines is 1. The lowest BCUT2D eigenvalue weighted by molar-refractivity contribution is -0.114. The van der Waals surface area contributed by atoms with Gasteiger partial charge in [0.2, 0.25) is 0 Å². The number of hydrogen-bond donors (Lipinski definition) is 0. The van der Waals surface area contributed by atoms with Crippen molar-refractivity contribution in [1.82, 2.24) is 4.90 Å². The van der Waals surface area contributed by atoms with E-state index in [1.807, 2.05) is 26.2 Å². The Bertz CT molecular complexity index is 500. The largest absolute Gasteiger partial charge is 0.309 e. The number of nitrogens with zero attached hydrogens (tertiary/aromatic N) is 2. The number of fused-ring (bicyclic) bond motifs is 1. The highest BCUT2D eigenvalue weighted by Crippen LogP contribution is 2.32. The molecule has 1 heterocycles. The first kappa shape index (κ1) is 13.1. The summed E-state index contributed by atoms with van der Waals surface area (Å²) in [7, 11) is 5.71. The van der Waals surface area contributed by atoms with Crippen LogP contribution < -0.4 is 4.90 Å². The van der Waals surface area contributed by atoms with E-state index >= 15 is 0 Å². The number of hydrogen-bond acceptors (Lipinski definition) is 4. The van der Waals surface area contributed by atoms with Gasteiger partial charge in [0.1, 0.15) is 0 Å². The van der Waals surface area contributed by atoms with E-state index in [1.54, 1.807) is 24.9 Å². The fourth-order valence-electron chi connectivity index (χ4n) is 1.79. The quantitative estimate of drug-likeness (QED) is 0.610. The maximum absolute atomic E-state index is 11.6. The molecule has 0 fully saturated rings. The van der Waals surface area contributed by atoms with Gasteiger partial charge >= 0.3 is 0 Å². The Morgan fingerprint density at radius 1 is 1.28 bits per heavy atom. The average molecular weight is 264 g/mol. The molecule has 1 aliphatic heterocycles. The van der Waals surface area contributed by atoms with Crippen LogP contribution in [0.1, 0.15) is 10.4 Å². The molecule has 0 N–H and O–H groups in total. The van der Waals surface area contributed by atoms with Crippen LogP contribution in [0.2, 0.25) is 0 Å². The third-order valence-corrected chi connectivity index (χ3v) is 3.86. The zero-order chi connectivity index (χ0) is 13.3. The molecular formula is C13H16N2O2S. The van der Waals surface area contributed by atoms with Crippen molar-refractivity contribution in [3.8, 4) is 0 Å². The Labute approximate surface area is 111 Å². The Morgan fingerprint density at radius 3 is 2.67 bits per heavy atom. The van der Waals surface area contributed by atoms with Gasteiger partial charge < -0.3 is 9.80 Å². The second kappa shape index (κ2) is 5.12. The van der Waals surface area contributed by atoms with Gasteiger partial charge in [-0.25, -0.2) is 0 Å². The van der Waals surface area contributed by atoms with Crippen LogP contribution in [0.4, 0.5) is 5.69 Å². The maximum atomic E-state index is 11.6. The molecule has 0 radical (unpaired) electrons. The first-order valence-corrected chi connectivity index (χ1v) is 6.73. The standard InChI is InChI=1S/C13H16N2O2S/c1-14(2)6-7-18-9-4-5-10-11(8-9)15(3)13(17)12(10)16/h4-5,8H,6-7H2,1-3H3. The molecule has 0 bridgehead atoms. The summed E-state index contributed by atoms with van der Waals surface area (Å²) in [5.41, 5.74) is 1.24. The van der Waals surface area contributed by atoms with Crippen molar-refractivity contribution in [3.05, 3.63) is 23.8 Å². The van der Waals surface area contributed by atoms with Gasteiger partial charge in [-0.2, -0.15) is 0 Å². The van der Waals surface area contributed by atoms with Crippen molar-refractivity contribution >= 4 is 29.1 Å². The predicted octanol–water partition coefficient (Wildman–Crippen LogP) is 1.50. The molecule has 0 aliphatic carbocycles. The van der Waals surface area contributed by atoms with E-state index in [2.05, 4.69) is 4.90 Å². The van der Waals surface area contributed by atoms with Gasteiger partial charge in [-0.1, -0.05) is 0 Å². The second-order valence-electron chi connectivity index (χ2n) is 4.52. The first-order chi connectivity index (χ1) is 8.50. The summed E-state index contributed by atoms with van der Waals surface area (Å²) in [4.78, 5) is 27.8. The van der Waals surface area contributed by atoms with Crippen LogP contribution in [0.15, 0.2) is 23.1 Å². The normalized spacial score (nSPS) is 14.6. The first-order valence-electron chi connectivity index (χ1n) is 5.74. The molecule has 0 atom stereocenters. The number of carbonyl (C=O) groups excluding carboxylic acids is 2. The fourth-order valence-corrected chi connectivity index (χ4v) is 2.85. The number of benzene rings is 1. The fraction of sp³-hybridized carbons (Fsp3) is 0.385. The van der Waals surface area contributed by atoms with Crippen LogP contribution in [0.5, 0.6) is 0 Å². The molecule has 18 heavy (non-hydrogen) atoms. The number of ketones is 1. The summed E-state index contributed by atoms with van der Waals surface area (Å²) < 4.78 is 0. The van der Waals surface area contributed by atoms with Gasteiger partial charge in [0.05, 0.1) is 11.3 Å². The lowest BCUT2D eigenvalue weighted by Crippen LogP contribution is -2.24. The highest BCUT2D eigenvalue weighted by molar-refractivity contribution is 7.99. The summed E-state index contributed by atoms with van der Waals surface area (Å²) in [5, 5.41) is 0. The van der Waals surface area contributed by atoms with Gasteiger partial charge in [-0.05, 0) is 32.3 Å². The monoisotopic (exact) mass is 264 g/mol. The minimum atomic E-state index is -0.444. The number of amides is 1. The summed E-state index contributed by atoms with van der Waals surface area (Å²) >= 11 is 1.73. The van der Waals surface area contributed by atoms with E-state index in [-0.39, 0.29) is 0 Å². The van der Waals surface area contributed by atoms with Crippen LogP contribution in [-0.2, 0) is 4.79 Å². The Kier molecular flexibility index (Phi) is 3.73. The smallest absolute Gasteiger partial charge is 0.299 e. The Hall–Kier alpha value is -1.33. The van der Waals surface area contributed by atoms with Gasteiger partial charge in [-0.3, -0.25) is 9.59 Å². The van der Waals surface area contributed by atoms with E-state index in [9.17, 15) is 9.59 Å². The molecule has 1 aromatic rings. The number of thioether (sulfide) groups is 1. The van der Waals surface area contributed by atoms with Crippen molar-refractivity contribution in [2.75, 3.05) is 38.3 Å². The van der Waals surface area contributed by atoms with Crippen molar-refractivity contribution < 1.29 is 9.59 Å². The van der Waals surface area contributed by atoms with Crippen molar-refractivity contribution in [2.45, 2.75) is 4.90 Å². The molecule has 0 aromatic heterocycles. The van der Waals surface area contributed by atoms with Crippen LogP contribution in [0.3, 0.4) is 0 Å². The number of Topliss-reactive ketones (excluding diaryl/α,β-unsaturated/α-hetero) is 1. The molecule has 1 aromatic carbocycles. The van der Waals surface area contributed by atoms with Gasteiger partial charge in [0.15, 0.2) is 0 Å². The maximum Gasteiger partial charge on any atom is 0.299 e. The van der Waals surface area contributed by atoms with Gasteiger partial charge in [-0.15, -0.1) is 11.8 Å². The van der Waals surface area contributed by atoms with Crippen molar-refractivity contribution in [3.63, 3.8) is 0 Å². The lowest BCUT2D eigenvalue weighted by atomic mass is 10.1. The molecular weight excluding hydrogens is 248 g/mol. The summed E-state index contributed by atoms with van der Waals surface area (Å²) in [6.45, 7) is 0.995. The molecule has 0 spiro atoms. The molecule has 0 unspecified atom stereocenters. The zero-order valence-corrected chi connectivity index (χ0v) is 11.6. The van der Waals surface area contributed by atoms with E-state index in [0.717, 1.165) is 22.9 Å². The summed E-state index contributed by atoms with van der Waals surface area (Å²) in [5.74, 6) is 0.134. The Balaban J connectivity index is 2.14. The Morgan fingerprint density at radius 2 is 2.00 bits per heavy atom. The molecule has 0 saturated carbocycles. The lowest BCUT2D eigenvalue weighted by Gasteiger charge is -2.11. The number of likely N-dealkylation sites (N-methyl/N-ethyl adjacent to an activating group) is 1. The highest BCUT2D eigenvalue weighted by atomic mass is 32.2. The van der Waals surface area contributed by atoms with Crippen molar-refractivity contribution in [2.24, 2.45) is 0 Å². The number of rotatable bonds is 4. The number of carbonyl (C=O) groups is 2. The molecule has 1 aliphatic rings. The van der Waals surface area contributed by atoms with Crippen molar-refractivity contribution in [1.29, 1.82) is 0 Å². The van der Waals surface area contributed by atoms with Crippen LogP contribution in [0.25, 0.3) is 0 Å². The van der Waals surface area contributed by atoms with Crippen LogP contribution >= 0.6 is 11.8 Å². The SMILES string of the molecule is CN(C)CCSc1ccc2c(c1)N(C)C(=O)C2=O. The van der Waals surface area contributed by atoms with Gasteiger partial charge in [0.25, 0.3) is 11.7 Å². The summed E-state index contributed by atoms with van der Waals surface area (Å²) in [6.07, 6.45) is 0. The molecule has 4 nitrogen and oxygen atoms in total. The average Bonchev–Trinajstić information content (AvgIpc) is 2.54. The molecule has 2 rings (SSSR count). The van der Waals surface area contributed by atoms with E-state index in [4.69, 9.17) is 0 Å². The summed E-state index contributed by atoms with van der Waals surface area (Å²) in [6, 6.07) is 5.57. The van der Waals surface area contributed by atoms with E-state index in [1.165, 1.54) is 4.90 Å². The third kappa shape index (κ3) is 2.42. The van der Waals surface area contributed by atoms with E-state index in [0.29, 0.717) is 5.56 Å². The highest BCUT2D eigenvalue weighted by Gasteiger charge is 2.33. The zero-order valence-electron chi connectivity index (χ0n) is 10.8. The molecule has 96 valence electrons.